The van der Waals surface area contributed by atoms with Gasteiger partial charge in [-0.1, -0.05) is 12.1 Å². The Balaban J connectivity index is 1.46. The van der Waals surface area contributed by atoms with Crippen LogP contribution < -0.4 is 10.1 Å². The fourth-order valence-corrected chi connectivity index (χ4v) is 3.57. The van der Waals surface area contributed by atoms with Gasteiger partial charge in [-0.25, -0.2) is 14.6 Å². The van der Waals surface area contributed by atoms with Crippen LogP contribution in [0.2, 0.25) is 0 Å². The summed E-state index contributed by atoms with van der Waals surface area (Å²) in [6.07, 6.45) is 1.44. The Morgan fingerprint density at radius 3 is 2.50 bits per heavy atom. The fraction of sp³-hybridized carbons (Fsp3) is 0.0909. The maximum atomic E-state index is 12.4. The normalized spacial score (nSPS) is 10.6. The number of carbonyl (C=O) groups is 1. The highest BCUT2D eigenvalue weighted by atomic mass is 127. The third-order valence-corrected chi connectivity index (χ3v) is 5.25. The highest BCUT2D eigenvalue weighted by molar-refractivity contribution is 14.1. The van der Waals surface area contributed by atoms with Crippen molar-refractivity contribution in [3.63, 3.8) is 0 Å². The highest BCUT2D eigenvalue weighted by Gasteiger charge is 2.10. The summed E-state index contributed by atoms with van der Waals surface area (Å²) >= 11 is 2.15. The van der Waals surface area contributed by atoms with E-state index in [0.29, 0.717) is 28.7 Å². The van der Waals surface area contributed by atoms with Crippen LogP contribution in [0.25, 0.3) is 5.82 Å². The van der Waals surface area contributed by atoms with Gasteiger partial charge in [0.05, 0.1) is 11.3 Å². The van der Waals surface area contributed by atoms with Gasteiger partial charge < -0.3 is 10.1 Å². The van der Waals surface area contributed by atoms with Gasteiger partial charge in [0.1, 0.15) is 12.1 Å². The Labute approximate surface area is 187 Å². The first-order valence-electron chi connectivity index (χ1n) is 9.19. The van der Waals surface area contributed by atoms with E-state index in [4.69, 9.17) is 4.74 Å². The second-order valence-corrected chi connectivity index (χ2v) is 7.78. The molecule has 8 heteroatoms. The zero-order chi connectivity index (χ0) is 21.1. The molecule has 4 rings (SSSR count). The Kier molecular flexibility index (Phi) is 5.75. The van der Waals surface area contributed by atoms with Gasteiger partial charge in [0, 0.05) is 21.0 Å². The first kappa shape index (κ1) is 20.0. The predicted molar refractivity (Wildman–Crippen MR) is 122 cm³/mol. The van der Waals surface area contributed by atoms with E-state index in [9.17, 15) is 4.79 Å². The van der Waals surface area contributed by atoms with Crippen LogP contribution >= 0.6 is 22.6 Å². The first-order chi connectivity index (χ1) is 14.5. The number of nitrogens with one attached hydrogen (secondary N) is 1. The number of ether oxygens (including phenoxy) is 1. The number of anilines is 1. The van der Waals surface area contributed by atoms with Crippen LogP contribution in [-0.4, -0.2) is 25.7 Å². The van der Waals surface area contributed by atoms with Crippen molar-refractivity contribution in [2.45, 2.75) is 13.8 Å². The topological polar surface area (TPSA) is 81.9 Å². The summed E-state index contributed by atoms with van der Waals surface area (Å²) in [6.45, 7) is 3.90. The molecule has 4 aromatic rings. The van der Waals surface area contributed by atoms with E-state index in [1.807, 2.05) is 38.1 Å². The number of rotatable bonds is 5. The van der Waals surface area contributed by atoms with E-state index in [-0.39, 0.29) is 5.91 Å². The van der Waals surface area contributed by atoms with E-state index in [1.54, 1.807) is 41.1 Å². The second kappa shape index (κ2) is 8.62. The monoisotopic (exact) mass is 511 g/mol. The van der Waals surface area contributed by atoms with Crippen LogP contribution in [0.1, 0.15) is 21.7 Å². The molecule has 0 saturated heterocycles. The number of nitrogens with zero attached hydrogens (tertiary/aromatic N) is 4. The number of aromatic nitrogens is 4. The van der Waals surface area contributed by atoms with E-state index in [1.165, 1.54) is 6.33 Å². The number of amides is 1. The molecule has 2 aromatic heterocycles. The van der Waals surface area contributed by atoms with Gasteiger partial charge in [-0.3, -0.25) is 4.79 Å². The fourth-order valence-electron chi connectivity index (χ4n) is 2.93. The summed E-state index contributed by atoms with van der Waals surface area (Å²) in [7, 11) is 0. The summed E-state index contributed by atoms with van der Waals surface area (Å²) in [6, 6.07) is 18.3. The molecule has 1 amide bonds. The summed E-state index contributed by atoms with van der Waals surface area (Å²) in [5.41, 5.74) is 3.20. The van der Waals surface area contributed by atoms with Crippen molar-refractivity contribution in [3.8, 4) is 17.4 Å². The predicted octanol–water partition coefficient (Wildman–Crippen LogP) is 4.93. The molecule has 0 unspecified atom stereocenters. The molecule has 1 N–H and O–H groups in total. The van der Waals surface area contributed by atoms with Crippen LogP contribution in [0, 0.1) is 17.4 Å². The molecule has 0 aliphatic carbocycles. The number of hydrogen-bond acceptors (Lipinski definition) is 5. The average Bonchev–Trinajstić information content (AvgIpc) is 3.08. The minimum absolute atomic E-state index is 0.154. The number of halogens is 1. The zero-order valence-corrected chi connectivity index (χ0v) is 18.5. The Morgan fingerprint density at radius 2 is 1.80 bits per heavy atom. The van der Waals surface area contributed by atoms with Crippen molar-refractivity contribution in [3.05, 3.63) is 87.5 Å². The summed E-state index contributed by atoms with van der Waals surface area (Å²) in [5, 5.41) is 7.32. The molecule has 0 atom stereocenters. The maximum absolute atomic E-state index is 12.4. The smallest absolute Gasteiger partial charge is 0.256 e. The molecule has 2 aromatic carbocycles. The van der Waals surface area contributed by atoms with E-state index in [2.05, 4.69) is 43.0 Å². The van der Waals surface area contributed by atoms with Gasteiger partial charge >= 0.3 is 0 Å². The molecular weight excluding hydrogens is 493 g/mol. The quantitative estimate of drug-likeness (QED) is 0.385. The zero-order valence-electron chi connectivity index (χ0n) is 16.3. The molecule has 2 heterocycles. The van der Waals surface area contributed by atoms with Crippen molar-refractivity contribution in [2.24, 2.45) is 0 Å². The summed E-state index contributed by atoms with van der Waals surface area (Å²) in [5.74, 6) is 1.48. The van der Waals surface area contributed by atoms with Crippen molar-refractivity contribution in [2.75, 3.05) is 5.32 Å². The lowest BCUT2D eigenvalue weighted by molar-refractivity contribution is 0.102. The second-order valence-electron chi connectivity index (χ2n) is 6.61. The minimum Gasteiger partial charge on any atom is -0.439 e. The van der Waals surface area contributed by atoms with E-state index < -0.39 is 0 Å². The number of benzene rings is 2. The minimum atomic E-state index is -0.154. The summed E-state index contributed by atoms with van der Waals surface area (Å²) in [4.78, 5) is 20.9. The van der Waals surface area contributed by atoms with Gasteiger partial charge in [-0.15, -0.1) is 0 Å². The standard InChI is InChI=1S/C22H18IN5O2/c1-14-11-15(2)28(27-14)20-12-21(25-13-24-20)30-17-9-7-16(8-10-17)26-22(29)18-5-3-4-6-19(18)23/h3-13H,1-2H3,(H,26,29). The molecule has 0 aliphatic heterocycles. The Bertz CT molecular complexity index is 1200. The van der Waals surface area contributed by atoms with E-state index >= 15 is 0 Å². The van der Waals surface area contributed by atoms with Crippen LogP contribution in [0.4, 0.5) is 5.69 Å². The number of carbonyl (C=O) groups excluding carboxylic acids is 1. The third kappa shape index (κ3) is 4.48. The molecule has 150 valence electrons. The molecule has 0 saturated carbocycles. The molecular formula is C22H18IN5O2. The Hall–Kier alpha value is -3.27. The molecule has 0 spiro atoms. The van der Waals surface area contributed by atoms with Crippen molar-refractivity contribution in [1.82, 2.24) is 19.7 Å². The van der Waals surface area contributed by atoms with Gasteiger partial charge in [0.2, 0.25) is 5.88 Å². The molecule has 0 radical (unpaired) electrons. The lowest BCUT2D eigenvalue weighted by Gasteiger charge is -2.09. The van der Waals surface area contributed by atoms with E-state index in [0.717, 1.165) is 15.0 Å². The lowest BCUT2D eigenvalue weighted by Crippen LogP contribution is -2.13. The molecule has 30 heavy (non-hydrogen) atoms. The first-order valence-corrected chi connectivity index (χ1v) is 10.3. The third-order valence-electron chi connectivity index (χ3n) is 4.31. The summed E-state index contributed by atoms with van der Waals surface area (Å²) < 4.78 is 8.49. The maximum Gasteiger partial charge on any atom is 0.256 e. The SMILES string of the molecule is Cc1cc(C)n(-c2cc(Oc3ccc(NC(=O)c4ccccc4I)cc3)ncn2)n1. The van der Waals surface area contributed by atoms with Gasteiger partial charge in [0.15, 0.2) is 5.82 Å². The van der Waals surface area contributed by atoms with Crippen LogP contribution in [-0.2, 0) is 0 Å². The highest BCUT2D eigenvalue weighted by Crippen LogP contribution is 2.23. The molecule has 0 fully saturated rings. The largest absolute Gasteiger partial charge is 0.439 e. The van der Waals surface area contributed by atoms with Gasteiger partial charge in [0.25, 0.3) is 5.91 Å². The molecule has 0 aliphatic rings. The van der Waals surface area contributed by atoms with Crippen LogP contribution in [0.3, 0.4) is 0 Å². The number of hydrogen-bond donors (Lipinski definition) is 1. The van der Waals surface area contributed by atoms with Crippen molar-refractivity contribution >= 4 is 34.2 Å². The Morgan fingerprint density at radius 1 is 1.03 bits per heavy atom. The molecule has 0 bridgehead atoms. The number of aryl methyl sites for hydroxylation is 2. The van der Waals surface area contributed by atoms with Gasteiger partial charge in [-0.05, 0) is 78.9 Å². The van der Waals surface area contributed by atoms with Crippen LogP contribution in [0.5, 0.6) is 11.6 Å². The van der Waals surface area contributed by atoms with Crippen LogP contribution in [0.15, 0.2) is 67.0 Å². The van der Waals surface area contributed by atoms with Gasteiger partial charge in [-0.2, -0.15) is 5.10 Å². The molecule has 7 nitrogen and oxygen atoms in total. The average molecular weight is 511 g/mol. The van der Waals surface area contributed by atoms with Crippen molar-refractivity contribution in [1.29, 1.82) is 0 Å². The lowest BCUT2D eigenvalue weighted by atomic mass is 10.2. The van der Waals surface area contributed by atoms with Crippen molar-refractivity contribution < 1.29 is 9.53 Å².